The average molecular weight is 238 g/mol. The van der Waals surface area contributed by atoms with Gasteiger partial charge in [0, 0.05) is 12.9 Å². The van der Waals surface area contributed by atoms with Gasteiger partial charge in [0.1, 0.15) is 5.58 Å². The summed E-state index contributed by atoms with van der Waals surface area (Å²) in [5.74, 6) is 0. The van der Waals surface area contributed by atoms with Gasteiger partial charge in [-0.05, 0) is 30.2 Å². The van der Waals surface area contributed by atoms with E-state index in [1.807, 2.05) is 55.5 Å². The highest BCUT2D eigenvalue weighted by molar-refractivity contribution is 5.93. The Kier molecular flexibility index (Phi) is 2.49. The first kappa shape index (κ1) is 10.8. The minimum atomic E-state index is -0.315. The normalized spacial score (nSPS) is 10.7. The summed E-state index contributed by atoms with van der Waals surface area (Å²) in [4.78, 5) is 11.6. The molecule has 0 spiro atoms. The molecule has 18 heavy (non-hydrogen) atoms. The Morgan fingerprint density at radius 1 is 1.00 bits per heavy atom. The zero-order valence-corrected chi connectivity index (χ0v) is 10.0. The van der Waals surface area contributed by atoms with Crippen molar-refractivity contribution < 1.29 is 5.84 Å². The molecule has 3 rings (SSSR count). The minimum absolute atomic E-state index is 0. The van der Waals surface area contributed by atoms with Crippen LogP contribution >= 0.6 is 0 Å². The van der Waals surface area contributed by atoms with Crippen LogP contribution in [0.3, 0.4) is 0 Å². The lowest BCUT2D eigenvalue weighted by atomic mass is 10.0. The number of benzene rings is 2. The second-order valence-corrected chi connectivity index (χ2v) is 4.34. The van der Waals surface area contributed by atoms with E-state index in [2.05, 4.69) is 0 Å². The van der Waals surface area contributed by atoms with Gasteiger partial charge in [-0.1, -0.05) is 42.0 Å². The maximum Gasteiger partial charge on any atom is 0.336 e. The molecule has 2 aromatic carbocycles. The van der Waals surface area contributed by atoms with Gasteiger partial charge in [0.05, 0.1) is 0 Å². The van der Waals surface area contributed by atoms with Crippen LogP contribution in [-0.4, -0.2) is 0 Å². The highest BCUT2D eigenvalue weighted by atomic mass is 16.4. The molecule has 0 fully saturated rings. The van der Waals surface area contributed by atoms with Crippen molar-refractivity contribution in [2.24, 2.45) is 0 Å². The summed E-state index contributed by atoms with van der Waals surface area (Å²) in [7, 11) is 0. The molecule has 0 saturated heterocycles. The molecule has 0 aliphatic carbocycles. The van der Waals surface area contributed by atoms with Crippen molar-refractivity contribution in [3.05, 3.63) is 70.6 Å². The van der Waals surface area contributed by atoms with Gasteiger partial charge in [0.25, 0.3) is 0 Å². The van der Waals surface area contributed by atoms with Gasteiger partial charge in [-0.2, -0.15) is 0 Å². The lowest BCUT2D eigenvalue weighted by Gasteiger charge is -2.06. The SMILES string of the molecule is Cc1ccc2oc(=O)cc(-c3ccccc3)c2c1.[HH]. The van der Waals surface area contributed by atoms with E-state index in [-0.39, 0.29) is 7.05 Å². The third kappa shape index (κ3) is 1.82. The highest BCUT2D eigenvalue weighted by Gasteiger charge is 2.07. The van der Waals surface area contributed by atoms with Crippen LogP contribution in [0.25, 0.3) is 22.1 Å². The summed E-state index contributed by atoms with van der Waals surface area (Å²) in [6.45, 7) is 2.03. The molecule has 0 saturated carbocycles. The zero-order chi connectivity index (χ0) is 12.5. The van der Waals surface area contributed by atoms with Crippen LogP contribution in [0.5, 0.6) is 0 Å². The molecule has 0 unspecified atom stereocenters. The molecule has 0 atom stereocenters. The first-order valence-electron chi connectivity index (χ1n) is 5.84. The fourth-order valence-electron chi connectivity index (χ4n) is 2.13. The van der Waals surface area contributed by atoms with E-state index < -0.39 is 0 Å². The maximum atomic E-state index is 11.6. The largest absolute Gasteiger partial charge is 0.423 e. The standard InChI is InChI=1S/C16H12O2.H2/c1-11-7-8-15-14(9-11)13(10-16(17)18-15)12-5-3-2-4-6-12;/h2-10H,1H3;1H. The Labute approximate surface area is 106 Å². The van der Waals surface area contributed by atoms with Crippen molar-refractivity contribution in [1.82, 2.24) is 0 Å². The van der Waals surface area contributed by atoms with Crippen LogP contribution < -0.4 is 5.63 Å². The monoisotopic (exact) mass is 238 g/mol. The second kappa shape index (κ2) is 4.15. The van der Waals surface area contributed by atoms with Crippen LogP contribution in [-0.2, 0) is 0 Å². The lowest BCUT2D eigenvalue weighted by molar-refractivity contribution is 0.561. The van der Waals surface area contributed by atoms with Gasteiger partial charge in [0.2, 0.25) is 0 Å². The van der Waals surface area contributed by atoms with Crippen molar-refractivity contribution in [2.75, 3.05) is 0 Å². The number of fused-ring (bicyclic) bond motifs is 1. The predicted molar refractivity (Wildman–Crippen MR) is 74.8 cm³/mol. The summed E-state index contributed by atoms with van der Waals surface area (Å²) in [5, 5.41) is 0.973. The molecule has 3 aromatic rings. The fraction of sp³-hybridized carbons (Fsp3) is 0.0625. The van der Waals surface area contributed by atoms with Crippen LogP contribution in [0.4, 0.5) is 0 Å². The average Bonchev–Trinajstić information content (AvgIpc) is 2.39. The number of hydrogen-bond donors (Lipinski definition) is 0. The Morgan fingerprint density at radius 2 is 1.78 bits per heavy atom. The van der Waals surface area contributed by atoms with E-state index in [1.165, 1.54) is 0 Å². The molecule has 1 heterocycles. The van der Waals surface area contributed by atoms with Crippen LogP contribution in [0.15, 0.2) is 63.8 Å². The second-order valence-electron chi connectivity index (χ2n) is 4.34. The highest BCUT2D eigenvalue weighted by Crippen LogP contribution is 2.27. The number of aryl methyl sites for hydroxylation is 1. The van der Waals surface area contributed by atoms with E-state index >= 15 is 0 Å². The first-order chi connectivity index (χ1) is 8.74. The molecule has 1 aromatic heterocycles. The van der Waals surface area contributed by atoms with Crippen molar-refractivity contribution in [1.29, 1.82) is 0 Å². The van der Waals surface area contributed by atoms with Crippen molar-refractivity contribution in [3.63, 3.8) is 0 Å². The lowest BCUT2D eigenvalue weighted by Crippen LogP contribution is -1.98. The summed E-state index contributed by atoms with van der Waals surface area (Å²) < 4.78 is 5.22. The number of rotatable bonds is 1. The van der Waals surface area contributed by atoms with E-state index in [0.717, 1.165) is 22.1 Å². The first-order valence-corrected chi connectivity index (χ1v) is 5.84. The molecule has 0 aliphatic heterocycles. The van der Waals surface area contributed by atoms with E-state index in [9.17, 15) is 4.79 Å². The van der Waals surface area contributed by atoms with Crippen molar-refractivity contribution in [2.45, 2.75) is 6.92 Å². The van der Waals surface area contributed by atoms with Gasteiger partial charge >= 0.3 is 5.63 Å². The summed E-state index contributed by atoms with van der Waals surface area (Å²) in [6.07, 6.45) is 0. The molecule has 0 bridgehead atoms. The van der Waals surface area contributed by atoms with Gasteiger partial charge in [-0.15, -0.1) is 0 Å². The summed E-state index contributed by atoms with van der Waals surface area (Å²) in [6, 6.07) is 17.3. The molecule has 2 heteroatoms. The van der Waals surface area contributed by atoms with E-state index in [4.69, 9.17) is 4.42 Å². The Hall–Kier alpha value is -2.35. The fourth-order valence-corrected chi connectivity index (χ4v) is 2.13. The predicted octanol–water partition coefficient (Wildman–Crippen LogP) is 4.01. The third-order valence-corrected chi connectivity index (χ3v) is 2.98. The smallest absolute Gasteiger partial charge is 0.336 e. The zero-order valence-electron chi connectivity index (χ0n) is 10.0. The van der Waals surface area contributed by atoms with Gasteiger partial charge in [0.15, 0.2) is 0 Å². The Balaban J connectivity index is 0.00000133. The number of hydrogen-bond acceptors (Lipinski definition) is 2. The molecule has 0 amide bonds. The third-order valence-electron chi connectivity index (χ3n) is 2.98. The van der Waals surface area contributed by atoms with Crippen molar-refractivity contribution in [3.8, 4) is 11.1 Å². The van der Waals surface area contributed by atoms with Crippen LogP contribution in [0, 0.1) is 6.92 Å². The summed E-state index contributed by atoms with van der Waals surface area (Å²) in [5.41, 5.74) is 3.41. The summed E-state index contributed by atoms with van der Waals surface area (Å²) >= 11 is 0. The van der Waals surface area contributed by atoms with Crippen molar-refractivity contribution >= 4 is 11.0 Å². The molecular weight excluding hydrogens is 224 g/mol. The van der Waals surface area contributed by atoms with Crippen LogP contribution in [0.2, 0.25) is 0 Å². The quantitative estimate of drug-likeness (QED) is 0.599. The Morgan fingerprint density at radius 3 is 2.56 bits per heavy atom. The molecule has 2 nitrogen and oxygen atoms in total. The van der Waals surface area contributed by atoms with E-state index in [1.54, 1.807) is 6.07 Å². The molecule has 0 N–H and O–H groups in total. The van der Waals surface area contributed by atoms with E-state index in [0.29, 0.717) is 5.58 Å². The van der Waals surface area contributed by atoms with Gasteiger partial charge in [-0.25, -0.2) is 4.79 Å². The van der Waals surface area contributed by atoms with Crippen LogP contribution in [0.1, 0.15) is 6.99 Å². The van der Waals surface area contributed by atoms with Gasteiger partial charge in [-0.3, -0.25) is 0 Å². The molecule has 0 aliphatic rings. The minimum Gasteiger partial charge on any atom is -0.423 e. The van der Waals surface area contributed by atoms with Gasteiger partial charge < -0.3 is 4.42 Å². The Bertz CT molecular complexity index is 761. The molecule has 0 radical (unpaired) electrons. The topological polar surface area (TPSA) is 30.2 Å². The maximum absolute atomic E-state index is 11.6. The molecule has 90 valence electrons. The molecular formula is C16H14O2.